The molecule has 0 aliphatic carbocycles. The highest BCUT2D eigenvalue weighted by molar-refractivity contribution is 14.0. The van der Waals surface area contributed by atoms with Crippen LogP contribution in [0.2, 0.25) is 0 Å². The van der Waals surface area contributed by atoms with Gasteiger partial charge in [-0.2, -0.15) is 4.98 Å². The summed E-state index contributed by atoms with van der Waals surface area (Å²) in [7, 11) is 0. The van der Waals surface area contributed by atoms with Crippen LogP contribution >= 0.6 is 35.3 Å². The zero-order chi connectivity index (χ0) is 17.4. The first-order valence-corrected chi connectivity index (χ1v) is 9.36. The Kier molecular flexibility index (Phi) is 10.0. The number of halogens is 1. The van der Waals surface area contributed by atoms with Crippen molar-refractivity contribution in [1.82, 2.24) is 20.8 Å². The fourth-order valence-electron chi connectivity index (χ4n) is 2.09. The number of thiophene rings is 1. The molecule has 6 nitrogen and oxygen atoms in total. The monoisotopic (exact) mass is 477 g/mol. The second-order valence-electron chi connectivity index (χ2n) is 5.79. The highest BCUT2D eigenvalue weighted by atomic mass is 127. The van der Waals surface area contributed by atoms with Gasteiger partial charge in [-0.05, 0) is 25.5 Å². The molecule has 0 saturated carbocycles. The molecule has 0 spiro atoms. The molecule has 0 aliphatic rings. The summed E-state index contributed by atoms with van der Waals surface area (Å²) in [4.78, 5) is 11.7. The van der Waals surface area contributed by atoms with Crippen molar-refractivity contribution in [2.75, 3.05) is 13.1 Å². The molecule has 0 fully saturated rings. The molecule has 0 amide bonds. The molecule has 8 heteroatoms. The van der Waals surface area contributed by atoms with Crippen LogP contribution in [0.15, 0.2) is 21.6 Å². The number of hydrogen-bond acceptors (Lipinski definition) is 5. The van der Waals surface area contributed by atoms with E-state index in [1.165, 1.54) is 9.75 Å². The zero-order valence-corrected chi connectivity index (χ0v) is 18.5. The maximum Gasteiger partial charge on any atom is 0.228 e. The van der Waals surface area contributed by atoms with Crippen LogP contribution in [0.5, 0.6) is 0 Å². The maximum absolute atomic E-state index is 5.25. The number of aryl methyl sites for hydroxylation is 1. The van der Waals surface area contributed by atoms with Crippen LogP contribution in [0, 0.1) is 0 Å². The van der Waals surface area contributed by atoms with Crippen LogP contribution in [-0.2, 0) is 19.4 Å². The number of rotatable bonds is 8. The fourth-order valence-corrected chi connectivity index (χ4v) is 2.97. The Morgan fingerprint density at radius 1 is 1.24 bits per heavy atom. The minimum atomic E-state index is 0. The van der Waals surface area contributed by atoms with Crippen molar-refractivity contribution < 1.29 is 4.52 Å². The Morgan fingerprint density at radius 2 is 2.00 bits per heavy atom. The Labute approximate surface area is 170 Å². The van der Waals surface area contributed by atoms with Gasteiger partial charge < -0.3 is 15.2 Å². The van der Waals surface area contributed by atoms with E-state index in [2.05, 4.69) is 65.6 Å². The second-order valence-corrected chi connectivity index (χ2v) is 7.05. The standard InChI is InChI=1S/C17H27N5OS.HI/c1-5-13-7-8-14(24-13)11-20-17(18-6-2)19-10-9-15-21-16(12(3)4)22-23-15;/h7-8,12H,5-6,9-11H2,1-4H3,(H2,18,19,20);1H. The summed E-state index contributed by atoms with van der Waals surface area (Å²) in [5, 5.41) is 10.6. The molecule has 2 rings (SSSR count). The lowest BCUT2D eigenvalue weighted by Crippen LogP contribution is -2.38. The van der Waals surface area contributed by atoms with E-state index < -0.39 is 0 Å². The van der Waals surface area contributed by atoms with Crippen molar-refractivity contribution in [2.24, 2.45) is 4.99 Å². The van der Waals surface area contributed by atoms with Gasteiger partial charge in [-0.1, -0.05) is 25.9 Å². The van der Waals surface area contributed by atoms with Crippen LogP contribution in [-0.4, -0.2) is 29.2 Å². The quantitative estimate of drug-likeness (QED) is 0.344. The van der Waals surface area contributed by atoms with E-state index in [1.54, 1.807) is 0 Å². The van der Waals surface area contributed by atoms with Crippen LogP contribution in [0.25, 0.3) is 0 Å². The Hall–Kier alpha value is -1.16. The Balaban J connectivity index is 0.00000312. The van der Waals surface area contributed by atoms with E-state index in [9.17, 15) is 0 Å². The third kappa shape index (κ3) is 7.31. The van der Waals surface area contributed by atoms with Gasteiger partial charge in [0.05, 0.1) is 6.54 Å². The Bertz CT molecular complexity index is 653. The third-order valence-electron chi connectivity index (χ3n) is 3.43. The van der Waals surface area contributed by atoms with Gasteiger partial charge in [-0.15, -0.1) is 35.3 Å². The van der Waals surface area contributed by atoms with Crippen LogP contribution in [0.4, 0.5) is 0 Å². The van der Waals surface area contributed by atoms with Gasteiger partial charge in [-0.3, -0.25) is 0 Å². The molecule has 0 saturated heterocycles. The van der Waals surface area contributed by atoms with Gasteiger partial charge in [0.15, 0.2) is 11.8 Å². The van der Waals surface area contributed by atoms with Crippen LogP contribution in [0.3, 0.4) is 0 Å². The number of nitrogens with zero attached hydrogens (tertiary/aromatic N) is 3. The normalized spacial score (nSPS) is 11.5. The number of aliphatic imine (C=N–C) groups is 1. The average molecular weight is 477 g/mol. The molecule has 0 atom stereocenters. The van der Waals surface area contributed by atoms with Crippen molar-refractivity contribution in [3.63, 3.8) is 0 Å². The molecular formula is C17H28IN5OS. The van der Waals surface area contributed by atoms with Gasteiger partial charge in [0, 0.05) is 35.2 Å². The SMILES string of the molecule is CCNC(=NCc1ccc(CC)s1)NCCc1nc(C(C)C)no1.I. The molecule has 0 radical (unpaired) electrons. The van der Waals surface area contributed by atoms with E-state index in [1.807, 2.05) is 11.3 Å². The van der Waals surface area contributed by atoms with Crippen molar-refractivity contribution in [1.29, 1.82) is 0 Å². The van der Waals surface area contributed by atoms with Gasteiger partial charge in [0.25, 0.3) is 0 Å². The molecule has 25 heavy (non-hydrogen) atoms. The topological polar surface area (TPSA) is 75.3 Å². The summed E-state index contributed by atoms with van der Waals surface area (Å²) in [5.74, 6) is 2.52. The number of guanidine groups is 1. The van der Waals surface area contributed by atoms with E-state index in [-0.39, 0.29) is 29.9 Å². The number of nitrogens with one attached hydrogen (secondary N) is 2. The molecule has 0 aliphatic heterocycles. The van der Waals surface area contributed by atoms with Gasteiger partial charge in [0.1, 0.15) is 0 Å². The highest BCUT2D eigenvalue weighted by Gasteiger charge is 2.09. The zero-order valence-electron chi connectivity index (χ0n) is 15.3. The highest BCUT2D eigenvalue weighted by Crippen LogP contribution is 2.17. The molecule has 2 aromatic heterocycles. The molecule has 2 aromatic rings. The molecule has 0 bridgehead atoms. The van der Waals surface area contributed by atoms with Crippen molar-refractivity contribution in [3.8, 4) is 0 Å². The average Bonchev–Trinajstić information content (AvgIpc) is 3.21. The lowest BCUT2D eigenvalue weighted by Gasteiger charge is -2.09. The van der Waals surface area contributed by atoms with E-state index >= 15 is 0 Å². The van der Waals surface area contributed by atoms with Crippen molar-refractivity contribution >= 4 is 41.3 Å². The van der Waals surface area contributed by atoms with Crippen molar-refractivity contribution in [3.05, 3.63) is 33.6 Å². The van der Waals surface area contributed by atoms with Gasteiger partial charge in [-0.25, -0.2) is 4.99 Å². The van der Waals surface area contributed by atoms with Gasteiger partial charge in [0.2, 0.25) is 5.89 Å². The van der Waals surface area contributed by atoms with E-state index in [0.29, 0.717) is 25.4 Å². The molecule has 2 N–H and O–H groups in total. The third-order valence-corrected chi connectivity index (χ3v) is 4.65. The predicted molar refractivity (Wildman–Crippen MR) is 114 cm³/mol. The molecule has 140 valence electrons. The first-order valence-electron chi connectivity index (χ1n) is 8.54. The maximum atomic E-state index is 5.25. The Morgan fingerprint density at radius 3 is 2.60 bits per heavy atom. The van der Waals surface area contributed by atoms with E-state index in [4.69, 9.17) is 4.52 Å². The summed E-state index contributed by atoms with van der Waals surface area (Å²) in [5.41, 5.74) is 0. The summed E-state index contributed by atoms with van der Waals surface area (Å²) >= 11 is 1.82. The largest absolute Gasteiger partial charge is 0.357 e. The minimum Gasteiger partial charge on any atom is -0.357 e. The van der Waals surface area contributed by atoms with Gasteiger partial charge >= 0.3 is 0 Å². The van der Waals surface area contributed by atoms with Crippen LogP contribution < -0.4 is 10.6 Å². The summed E-state index contributed by atoms with van der Waals surface area (Å²) in [6, 6.07) is 4.33. The molecule has 0 aromatic carbocycles. The van der Waals surface area contributed by atoms with Crippen LogP contribution in [0.1, 0.15) is 55.1 Å². The van der Waals surface area contributed by atoms with Crippen molar-refractivity contribution in [2.45, 2.75) is 53.0 Å². The van der Waals surface area contributed by atoms with E-state index in [0.717, 1.165) is 24.7 Å². The fraction of sp³-hybridized carbons (Fsp3) is 0.588. The molecular weight excluding hydrogens is 449 g/mol. The molecule has 2 heterocycles. The number of aromatic nitrogens is 2. The predicted octanol–water partition coefficient (Wildman–Crippen LogP) is 3.73. The summed E-state index contributed by atoms with van der Waals surface area (Å²) in [6.07, 6.45) is 1.76. The second kappa shape index (κ2) is 11.5. The lowest BCUT2D eigenvalue weighted by atomic mass is 10.2. The summed E-state index contributed by atoms with van der Waals surface area (Å²) in [6.45, 7) is 10.6. The minimum absolute atomic E-state index is 0. The number of hydrogen-bond donors (Lipinski definition) is 2. The first-order chi connectivity index (χ1) is 11.6. The summed E-state index contributed by atoms with van der Waals surface area (Å²) < 4.78 is 5.25. The smallest absolute Gasteiger partial charge is 0.228 e. The molecule has 0 unspecified atom stereocenters. The lowest BCUT2D eigenvalue weighted by molar-refractivity contribution is 0.371. The first kappa shape index (κ1) is 21.9.